The van der Waals surface area contributed by atoms with Crippen molar-refractivity contribution in [2.75, 3.05) is 5.32 Å². The highest BCUT2D eigenvalue weighted by atomic mass is 32.1. The zero-order valence-corrected chi connectivity index (χ0v) is 15.3. The van der Waals surface area contributed by atoms with Crippen LogP contribution in [0.15, 0.2) is 60.8 Å². The molecule has 0 bridgehead atoms. The number of amides is 1. The van der Waals surface area contributed by atoms with Crippen LogP contribution < -0.4 is 5.32 Å². The van der Waals surface area contributed by atoms with Gasteiger partial charge in [-0.2, -0.15) is 0 Å². The number of benzene rings is 2. The van der Waals surface area contributed by atoms with E-state index in [4.69, 9.17) is 0 Å². The summed E-state index contributed by atoms with van der Waals surface area (Å²) in [5.74, 6) is -0.102. The lowest BCUT2D eigenvalue weighted by atomic mass is 10.1. The Morgan fingerprint density at radius 2 is 1.85 bits per heavy atom. The maximum absolute atomic E-state index is 12.6. The molecule has 4 aromatic rings. The molecule has 5 heteroatoms. The highest BCUT2D eigenvalue weighted by Gasteiger charge is 2.14. The molecule has 2 heterocycles. The molecular formula is C21H17N3OS. The van der Waals surface area contributed by atoms with Gasteiger partial charge in [0.1, 0.15) is 15.4 Å². The fourth-order valence-corrected chi connectivity index (χ4v) is 3.90. The number of hydrogen-bond acceptors (Lipinski definition) is 4. The van der Waals surface area contributed by atoms with Crippen LogP contribution in [0, 0.1) is 13.8 Å². The van der Waals surface area contributed by atoms with Gasteiger partial charge in [0.15, 0.2) is 0 Å². The maximum atomic E-state index is 12.6. The summed E-state index contributed by atoms with van der Waals surface area (Å²) in [6.45, 7) is 3.94. The van der Waals surface area contributed by atoms with Crippen LogP contribution >= 0.6 is 11.3 Å². The second kappa shape index (κ2) is 6.69. The molecule has 0 atom stereocenters. The Labute approximate surface area is 155 Å². The molecule has 0 fully saturated rings. The molecule has 0 aliphatic heterocycles. The van der Waals surface area contributed by atoms with E-state index in [1.165, 1.54) is 0 Å². The minimum Gasteiger partial charge on any atom is -0.322 e. The zero-order chi connectivity index (χ0) is 18.1. The van der Waals surface area contributed by atoms with Crippen molar-refractivity contribution in [2.24, 2.45) is 0 Å². The monoisotopic (exact) mass is 359 g/mol. The summed E-state index contributed by atoms with van der Waals surface area (Å²) in [5, 5.41) is 3.94. The van der Waals surface area contributed by atoms with Gasteiger partial charge in [0.25, 0.3) is 5.91 Å². The summed E-state index contributed by atoms with van der Waals surface area (Å²) in [4.78, 5) is 22.6. The van der Waals surface area contributed by atoms with Gasteiger partial charge in [-0.1, -0.05) is 41.7 Å². The van der Waals surface area contributed by atoms with Crippen molar-refractivity contribution in [3.8, 4) is 10.6 Å². The standard InChI is InChI=1S/C21H17N3OS/c1-13-7-3-4-8-15(13)19(25)23-17-10-5-9-16(14(17)2)20-24-18-11-6-12-22-21(18)26-20/h3-12H,1-2H3,(H,23,25). The number of thiazole rings is 1. The van der Waals surface area contributed by atoms with Gasteiger partial charge in [-0.15, -0.1) is 0 Å². The number of nitrogens with zero attached hydrogens (tertiary/aromatic N) is 2. The molecular weight excluding hydrogens is 342 g/mol. The lowest BCUT2D eigenvalue weighted by Gasteiger charge is -2.12. The van der Waals surface area contributed by atoms with Crippen molar-refractivity contribution in [3.05, 3.63) is 77.5 Å². The van der Waals surface area contributed by atoms with Crippen molar-refractivity contribution < 1.29 is 4.79 Å². The van der Waals surface area contributed by atoms with Crippen LogP contribution in [0.4, 0.5) is 5.69 Å². The number of nitrogens with one attached hydrogen (secondary N) is 1. The van der Waals surface area contributed by atoms with Gasteiger partial charge in [-0.05, 0) is 49.2 Å². The summed E-state index contributed by atoms with van der Waals surface area (Å²) >= 11 is 1.56. The molecule has 128 valence electrons. The second-order valence-electron chi connectivity index (χ2n) is 6.09. The van der Waals surface area contributed by atoms with Gasteiger partial charge in [-0.3, -0.25) is 4.79 Å². The van der Waals surface area contributed by atoms with E-state index in [1.54, 1.807) is 17.5 Å². The number of rotatable bonds is 3. The Kier molecular flexibility index (Phi) is 4.22. The van der Waals surface area contributed by atoms with Crippen LogP contribution in [-0.4, -0.2) is 15.9 Å². The Morgan fingerprint density at radius 1 is 1.00 bits per heavy atom. The van der Waals surface area contributed by atoms with Gasteiger partial charge in [-0.25, -0.2) is 9.97 Å². The van der Waals surface area contributed by atoms with Crippen LogP contribution in [0.1, 0.15) is 21.5 Å². The van der Waals surface area contributed by atoms with E-state index in [0.717, 1.165) is 37.7 Å². The normalized spacial score (nSPS) is 10.8. The summed E-state index contributed by atoms with van der Waals surface area (Å²) in [6.07, 6.45) is 1.77. The van der Waals surface area contributed by atoms with E-state index in [2.05, 4.69) is 15.3 Å². The van der Waals surface area contributed by atoms with E-state index >= 15 is 0 Å². The predicted octanol–water partition coefficient (Wildman–Crippen LogP) is 5.23. The SMILES string of the molecule is Cc1ccccc1C(=O)Nc1cccc(-c2nc3cccnc3s2)c1C. The van der Waals surface area contributed by atoms with E-state index < -0.39 is 0 Å². The first-order chi connectivity index (χ1) is 12.6. The van der Waals surface area contributed by atoms with Crippen molar-refractivity contribution in [3.63, 3.8) is 0 Å². The van der Waals surface area contributed by atoms with E-state index in [1.807, 2.05) is 68.4 Å². The number of anilines is 1. The molecule has 2 aromatic carbocycles. The first-order valence-corrected chi connectivity index (χ1v) is 9.13. The topological polar surface area (TPSA) is 54.9 Å². The minimum absolute atomic E-state index is 0.102. The fraction of sp³-hybridized carbons (Fsp3) is 0.0952. The Balaban J connectivity index is 1.70. The molecule has 2 aromatic heterocycles. The highest BCUT2D eigenvalue weighted by molar-refractivity contribution is 7.21. The molecule has 1 N–H and O–H groups in total. The number of hydrogen-bond donors (Lipinski definition) is 1. The zero-order valence-electron chi connectivity index (χ0n) is 14.5. The third-order valence-electron chi connectivity index (χ3n) is 4.37. The summed E-state index contributed by atoms with van der Waals surface area (Å²) in [5.41, 5.74) is 5.32. The lowest BCUT2D eigenvalue weighted by molar-refractivity contribution is 0.102. The molecule has 0 saturated carbocycles. The molecule has 0 unspecified atom stereocenters. The Hall–Kier alpha value is -3.05. The Morgan fingerprint density at radius 3 is 2.65 bits per heavy atom. The van der Waals surface area contributed by atoms with E-state index in [9.17, 15) is 4.79 Å². The number of fused-ring (bicyclic) bond motifs is 1. The molecule has 0 radical (unpaired) electrons. The molecule has 4 nitrogen and oxygen atoms in total. The predicted molar refractivity (Wildman–Crippen MR) is 107 cm³/mol. The average molecular weight is 359 g/mol. The molecule has 0 aliphatic rings. The molecule has 0 aliphatic carbocycles. The second-order valence-corrected chi connectivity index (χ2v) is 7.07. The molecule has 0 saturated heterocycles. The summed E-state index contributed by atoms with van der Waals surface area (Å²) in [6, 6.07) is 17.3. The summed E-state index contributed by atoms with van der Waals surface area (Å²) < 4.78 is 0. The minimum atomic E-state index is -0.102. The van der Waals surface area contributed by atoms with Crippen molar-refractivity contribution >= 4 is 33.3 Å². The highest BCUT2D eigenvalue weighted by Crippen LogP contribution is 2.33. The third-order valence-corrected chi connectivity index (χ3v) is 5.38. The van der Waals surface area contributed by atoms with Crippen LogP contribution in [0.5, 0.6) is 0 Å². The van der Waals surface area contributed by atoms with E-state index in [-0.39, 0.29) is 5.91 Å². The third kappa shape index (κ3) is 2.97. The fourth-order valence-electron chi connectivity index (χ4n) is 2.91. The number of aromatic nitrogens is 2. The molecule has 26 heavy (non-hydrogen) atoms. The number of carbonyl (C=O) groups is 1. The first kappa shape index (κ1) is 16.4. The smallest absolute Gasteiger partial charge is 0.255 e. The number of pyridine rings is 1. The quantitative estimate of drug-likeness (QED) is 0.545. The number of carbonyl (C=O) groups excluding carboxylic acids is 1. The van der Waals surface area contributed by atoms with Gasteiger partial charge in [0.2, 0.25) is 0 Å². The lowest BCUT2D eigenvalue weighted by Crippen LogP contribution is -2.14. The van der Waals surface area contributed by atoms with Crippen LogP contribution in [-0.2, 0) is 0 Å². The first-order valence-electron chi connectivity index (χ1n) is 8.32. The largest absolute Gasteiger partial charge is 0.322 e. The number of aryl methyl sites for hydroxylation is 1. The van der Waals surface area contributed by atoms with Gasteiger partial charge < -0.3 is 5.32 Å². The van der Waals surface area contributed by atoms with Crippen molar-refractivity contribution in [1.82, 2.24) is 9.97 Å². The van der Waals surface area contributed by atoms with Gasteiger partial charge in [0, 0.05) is 23.0 Å². The van der Waals surface area contributed by atoms with Gasteiger partial charge in [0.05, 0.1) is 0 Å². The molecule has 0 spiro atoms. The average Bonchev–Trinajstić information content (AvgIpc) is 3.07. The summed E-state index contributed by atoms with van der Waals surface area (Å²) in [7, 11) is 0. The van der Waals surface area contributed by atoms with Crippen molar-refractivity contribution in [1.29, 1.82) is 0 Å². The van der Waals surface area contributed by atoms with E-state index in [0.29, 0.717) is 5.56 Å². The maximum Gasteiger partial charge on any atom is 0.255 e. The van der Waals surface area contributed by atoms with Crippen molar-refractivity contribution in [2.45, 2.75) is 13.8 Å². The van der Waals surface area contributed by atoms with Crippen LogP contribution in [0.3, 0.4) is 0 Å². The molecule has 4 rings (SSSR count). The van der Waals surface area contributed by atoms with Crippen LogP contribution in [0.2, 0.25) is 0 Å². The van der Waals surface area contributed by atoms with Crippen LogP contribution in [0.25, 0.3) is 20.9 Å². The molecule has 1 amide bonds. The van der Waals surface area contributed by atoms with Gasteiger partial charge >= 0.3 is 0 Å². The Bertz CT molecular complexity index is 1080.